The fourth-order valence-electron chi connectivity index (χ4n) is 10.3. The van der Waals surface area contributed by atoms with Crippen LogP contribution in [0, 0.1) is 16.7 Å². The Morgan fingerprint density at radius 1 is 0.857 bits per heavy atom. The van der Waals surface area contributed by atoms with Crippen LogP contribution in [0.2, 0.25) is 0 Å². The molecule has 402 valence electrons. The summed E-state index contributed by atoms with van der Waals surface area (Å²) in [7, 11) is 1.72. The van der Waals surface area contributed by atoms with Crippen molar-refractivity contribution in [2.75, 3.05) is 30.0 Å². The highest BCUT2D eigenvalue weighted by Crippen LogP contribution is 2.36. The summed E-state index contributed by atoms with van der Waals surface area (Å²) in [6, 6.07) is 28.3. The standard InChI is InChI=1S/C59H67N9O9/c1-6-29-59(4,77-31-30-58(3,7-2)37-63-51(70)36-76-48-10-8-9-46-53(48)56(74)68(55(46)73)47-25-27-50(69)65-54(47)72)42-17-11-38(12-18-42)33-62-57(75)67(44-21-14-40(15-22-44)41-16-28-52(71)66(5)35-41)45-23-19-43(20-24-45)64-49-26-13-39(32-60)34-61-49/h8-18,21-22,26,28,34-35,43,45,47H,6-7,19-20,23-25,27,29-31,33,36-37H2,1-5H3,(H,61,64)(H,62,75)(H,63,70)(H,65,69,72). The Balaban J connectivity index is 0.852. The third-order valence-corrected chi connectivity index (χ3v) is 15.3. The molecule has 2 aromatic heterocycles. The minimum atomic E-state index is -1.12. The maximum absolute atomic E-state index is 14.4. The number of pyridine rings is 2. The summed E-state index contributed by atoms with van der Waals surface area (Å²) in [6.45, 7) is 9.00. The predicted molar refractivity (Wildman–Crippen MR) is 290 cm³/mol. The Labute approximate surface area is 448 Å². The number of fused-ring (bicyclic) bond motifs is 1. The van der Waals surface area contributed by atoms with Crippen LogP contribution < -0.4 is 36.5 Å². The molecule has 4 N–H and O–H groups in total. The van der Waals surface area contributed by atoms with E-state index in [1.54, 1.807) is 48.3 Å². The molecule has 77 heavy (non-hydrogen) atoms. The number of urea groups is 1. The normalized spacial score (nSPS) is 18.8. The molecular weight excluding hydrogens is 979 g/mol. The molecule has 18 heteroatoms. The van der Waals surface area contributed by atoms with Gasteiger partial charge in [0, 0.05) is 69.4 Å². The molecule has 1 aliphatic carbocycles. The minimum Gasteiger partial charge on any atom is -0.483 e. The van der Waals surface area contributed by atoms with E-state index in [1.165, 1.54) is 12.1 Å². The van der Waals surface area contributed by atoms with Crippen LogP contribution in [-0.4, -0.2) is 87.9 Å². The molecule has 3 unspecified atom stereocenters. The molecule has 0 spiro atoms. The van der Waals surface area contributed by atoms with Crippen molar-refractivity contribution in [2.45, 2.75) is 122 Å². The molecule has 3 atom stereocenters. The predicted octanol–water partition coefficient (Wildman–Crippen LogP) is 7.89. The van der Waals surface area contributed by atoms with Crippen molar-refractivity contribution in [1.82, 2.24) is 30.4 Å². The van der Waals surface area contributed by atoms with Crippen LogP contribution in [0.4, 0.5) is 16.3 Å². The molecule has 1 saturated heterocycles. The van der Waals surface area contributed by atoms with Gasteiger partial charge in [0.25, 0.3) is 17.7 Å². The fourth-order valence-corrected chi connectivity index (χ4v) is 10.3. The van der Waals surface area contributed by atoms with Crippen LogP contribution in [-0.2, 0) is 38.3 Å². The van der Waals surface area contributed by atoms with Crippen LogP contribution in [0.1, 0.15) is 129 Å². The number of hydrogen-bond donors (Lipinski definition) is 4. The Bertz CT molecular complexity index is 3090. The van der Waals surface area contributed by atoms with Crippen LogP contribution in [0.3, 0.4) is 0 Å². The maximum atomic E-state index is 14.4. The molecule has 7 amide bonds. The van der Waals surface area contributed by atoms with Crippen molar-refractivity contribution in [3.8, 4) is 22.9 Å². The number of carbonyl (C=O) groups excluding carboxylic acids is 6. The van der Waals surface area contributed by atoms with Crippen molar-refractivity contribution in [3.05, 3.63) is 142 Å². The summed E-state index contributed by atoms with van der Waals surface area (Å²) >= 11 is 0. The number of imide groups is 2. The molecule has 8 rings (SSSR count). The highest BCUT2D eigenvalue weighted by molar-refractivity contribution is 6.24. The Morgan fingerprint density at radius 2 is 1.60 bits per heavy atom. The van der Waals surface area contributed by atoms with E-state index in [2.05, 4.69) is 72.1 Å². The Kier molecular flexibility index (Phi) is 17.3. The first-order valence-corrected chi connectivity index (χ1v) is 26.5. The van der Waals surface area contributed by atoms with Gasteiger partial charge in [0.15, 0.2) is 6.61 Å². The molecule has 5 aromatic rings. The van der Waals surface area contributed by atoms with E-state index in [1.807, 2.05) is 47.4 Å². The number of piperidine rings is 1. The molecule has 1 saturated carbocycles. The van der Waals surface area contributed by atoms with Crippen LogP contribution in [0.5, 0.6) is 5.75 Å². The molecule has 2 aliphatic heterocycles. The molecule has 0 bridgehead atoms. The minimum absolute atomic E-state index is 0.000836. The average molecular weight is 1050 g/mol. The maximum Gasteiger partial charge on any atom is 0.322 e. The highest BCUT2D eigenvalue weighted by atomic mass is 16.5. The second-order valence-electron chi connectivity index (χ2n) is 20.8. The summed E-state index contributed by atoms with van der Waals surface area (Å²) < 4.78 is 14.1. The number of amides is 7. The van der Waals surface area contributed by atoms with E-state index in [4.69, 9.17) is 9.47 Å². The zero-order chi connectivity index (χ0) is 54.9. The number of nitrogens with one attached hydrogen (secondary N) is 4. The second kappa shape index (κ2) is 24.2. The largest absolute Gasteiger partial charge is 0.483 e. The van der Waals surface area contributed by atoms with E-state index in [0.717, 1.165) is 77.8 Å². The van der Waals surface area contributed by atoms with E-state index < -0.39 is 47.8 Å². The quantitative estimate of drug-likeness (QED) is 0.0514. The second-order valence-corrected chi connectivity index (χ2v) is 20.8. The number of hydrogen-bond acceptors (Lipinski definition) is 12. The number of aromatic nitrogens is 2. The zero-order valence-corrected chi connectivity index (χ0v) is 44.4. The third-order valence-electron chi connectivity index (χ3n) is 15.3. The monoisotopic (exact) mass is 1050 g/mol. The third kappa shape index (κ3) is 12.9. The van der Waals surface area contributed by atoms with Gasteiger partial charge in [-0.3, -0.25) is 43.9 Å². The van der Waals surface area contributed by atoms with Crippen LogP contribution >= 0.6 is 0 Å². The number of nitrogens with zero attached hydrogens (tertiary/aromatic N) is 5. The van der Waals surface area contributed by atoms with Gasteiger partial charge in [0.1, 0.15) is 23.7 Å². The molecule has 3 aromatic carbocycles. The molecular formula is C59H67N9O9. The summed E-state index contributed by atoms with van der Waals surface area (Å²) in [5.74, 6) is -2.20. The SMILES string of the molecule is CCCC(C)(OCCC(C)(CC)CNC(=O)COc1cccc2c1C(=O)N(C1CCC(=O)NC1=O)C2=O)c1ccc(CNC(=O)N(c2ccc(-c3ccc(=O)n(C)c3)cc2)C2CCC(Nc3ccc(C#N)cn3)CC2)cc1. The first-order chi connectivity index (χ1) is 37.0. The van der Waals surface area contributed by atoms with E-state index >= 15 is 0 Å². The molecule has 4 heterocycles. The number of benzene rings is 3. The number of anilines is 2. The number of aryl methyl sites for hydroxylation is 1. The van der Waals surface area contributed by atoms with Gasteiger partial charge in [-0.05, 0) is 128 Å². The van der Waals surface area contributed by atoms with Crippen molar-refractivity contribution in [3.63, 3.8) is 0 Å². The summed E-state index contributed by atoms with van der Waals surface area (Å²) in [5.41, 5.74) is 4.04. The number of rotatable bonds is 21. The highest BCUT2D eigenvalue weighted by Gasteiger charge is 2.46. The van der Waals surface area contributed by atoms with Gasteiger partial charge in [-0.15, -0.1) is 0 Å². The molecule has 3 aliphatic rings. The smallest absolute Gasteiger partial charge is 0.322 e. The first kappa shape index (κ1) is 55.1. The topological polar surface area (TPSA) is 234 Å². The molecule has 18 nitrogen and oxygen atoms in total. The Morgan fingerprint density at radius 3 is 2.26 bits per heavy atom. The van der Waals surface area contributed by atoms with Crippen molar-refractivity contribution >= 4 is 47.1 Å². The fraction of sp³-hybridized carbons (Fsp3) is 0.407. The van der Waals surface area contributed by atoms with Crippen LogP contribution in [0.15, 0.2) is 108 Å². The first-order valence-electron chi connectivity index (χ1n) is 26.5. The lowest BCUT2D eigenvalue weighted by Crippen LogP contribution is -2.54. The van der Waals surface area contributed by atoms with Crippen molar-refractivity contribution < 1.29 is 38.2 Å². The number of nitriles is 1. The summed E-state index contributed by atoms with van der Waals surface area (Å²) in [6.07, 6.45) is 9.58. The zero-order valence-electron chi connectivity index (χ0n) is 44.4. The summed E-state index contributed by atoms with van der Waals surface area (Å²) in [5, 5.41) is 21.0. The van der Waals surface area contributed by atoms with Crippen molar-refractivity contribution in [1.29, 1.82) is 5.26 Å². The van der Waals surface area contributed by atoms with E-state index in [9.17, 15) is 38.8 Å². The lowest BCUT2D eigenvalue weighted by atomic mass is 9.84. The van der Waals surface area contributed by atoms with Gasteiger partial charge in [-0.25, -0.2) is 9.78 Å². The average Bonchev–Trinajstić information content (AvgIpc) is 3.72. The Hall–Kier alpha value is -8.17. The van der Waals surface area contributed by atoms with Crippen molar-refractivity contribution in [2.24, 2.45) is 12.5 Å². The van der Waals surface area contributed by atoms with Crippen LogP contribution in [0.25, 0.3) is 11.1 Å². The number of carbonyl (C=O) groups is 6. The summed E-state index contributed by atoms with van der Waals surface area (Å²) in [4.78, 5) is 97.7. The van der Waals surface area contributed by atoms with Gasteiger partial charge >= 0.3 is 6.03 Å². The van der Waals surface area contributed by atoms with E-state index in [0.29, 0.717) is 37.5 Å². The van der Waals surface area contributed by atoms with Gasteiger partial charge in [-0.2, -0.15) is 5.26 Å². The lowest BCUT2D eigenvalue weighted by molar-refractivity contribution is -0.136. The van der Waals surface area contributed by atoms with Gasteiger partial charge in [-0.1, -0.05) is 69.7 Å². The van der Waals surface area contributed by atoms with Gasteiger partial charge in [0.2, 0.25) is 17.4 Å². The van der Waals surface area contributed by atoms with Gasteiger partial charge < -0.3 is 30.0 Å². The molecule has 0 radical (unpaired) electrons. The van der Waals surface area contributed by atoms with Gasteiger partial charge in [0.05, 0.1) is 22.3 Å². The molecule has 2 fully saturated rings. The lowest BCUT2D eigenvalue weighted by Gasteiger charge is -2.37. The number of ether oxygens (including phenoxy) is 2. The van der Waals surface area contributed by atoms with E-state index in [-0.39, 0.29) is 58.8 Å².